The molecule has 0 saturated heterocycles. The lowest BCUT2D eigenvalue weighted by Crippen LogP contribution is -2.12. The highest BCUT2D eigenvalue weighted by atomic mass is 16.5. The first kappa shape index (κ1) is 14.9. The van der Waals surface area contributed by atoms with Crippen LogP contribution in [0.1, 0.15) is 61.4 Å². The van der Waals surface area contributed by atoms with E-state index in [0.29, 0.717) is 5.75 Å². The molecular weight excluding hydrogens is 252 g/mol. The topological polar surface area (TPSA) is 35.5 Å². The van der Waals surface area contributed by atoms with Gasteiger partial charge in [0.25, 0.3) is 0 Å². The van der Waals surface area contributed by atoms with Crippen molar-refractivity contribution in [3.05, 3.63) is 23.3 Å². The van der Waals surface area contributed by atoms with Gasteiger partial charge in [-0.2, -0.15) is 0 Å². The summed E-state index contributed by atoms with van der Waals surface area (Å²) in [6, 6.07) is 3.79. The highest BCUT2D eigenvalue weighted by molar-refractivity contribution is 6.05. The summed E-state index contributed by atoms with van der Waals surface area (Å²) < 4.78 is 10.7. The van der Waals surface area contributed by atoms with Crippen LogP contribution in [0.2, 0.25) is 0 Å². The summed E-state index contributed by atoms with van der Waals surface area (Å²) in [4.78, 5) is 12.7. The summed E-state index contributed by atoms with van der Waals surface area (Å²) in [5.74, 6) is 1.99. The fraction of sp³-hybridized carbons (Fsp3) is 0.588. The van der Waals surface area contributed by atoms with E-state index >= 15 is 0 Å². The molecule has 1 aromatic rings. The van der Waals surface area contributed by atoms with Crippen LogP contribution in [-0.4, -0.2) is 20.0 Å². The van der Waals surface area contributed by atoms with Crippen LogP contribution in [-0.2, 0) is 0 Å². The quantitative estimate of drug-likeness (QED) is 0.730. The van der Waals surface area contributed by atoms with Crippen molar-refractivity contribution in [2.45, 2.75) is 45.4 Å². The number of carbonyl (C=O) groups excluding carboxylic acids is 1. The second-order valence-electron chi connectivity index (χ2n) is 5.55. The number of hydrogen-bond acceptors (Lipinski definition) is 3. The van der Waals surface area contributed by atoms with Crippen molar-refractivity contribution >= 4 is 5.78 Å². The number of Topliss-reactive ketones (excluding diaryl/α,β-unsaturated/α-hetero) is 1. The third-order valence-corrected chi connectivity index (χ3v) is 4.36. The van der Waals surface area contributed by atoms with Crippen LogP contribution in [0.15, 0.2) is 12.1 Å². The Morgan fingerprint density at radius 2 is 1.90 bits per heavy atom. The standard InChI is InChI=1S/C17H24O3/c1-5-6-7-8-13-11(2)14-9-12(19-3)10-15(20-4)16(14)17(13)18/h9-11,13H,5-8H2,1-4H3/t11-,13+/m0/s1. The molecule has 2 rings (SSSR count). The van der Waals surface area contributed by atoms with Crippen molar-refractivity contribution in [3.8, 4) is 11.5 Å². The lowest BCUT2D eigenvalue weighted by Gasteiger charge is -2.14. The van der Waals surface area contributed by atoms with Gasteiger partial charge < -0.3 is 9.47 Å². The molecule has 1 aliphatic rings. The molecule has 1 aromatic carbocycles. The SMILES string of the molecule is CCCCC[C@H]1C(=O)c2c(OC)cc(OC)cc2[C@H]1C. The summed E-state index contributed by atoms with van der Waals surface area (Å²) >= 11 is 0. The molecule has 110 valence electrons. The smallest absolute Gasteiger partial charge is 0.170 e. The third kappa shape index (κ3) is 2.54. The van der Waals surface area contributed by atoms with Gasteiger partial charge in [0.05, 0.1) is 19.8 Å². The number of rotatable bonds is 6. The minimum atomic E-state index is 0.0950. The zero-order valence-electron chi connectivity index (χ0n) is 12.9. The molecule has 2 atom stereocenters. The molecule has 0 bridgehead atoms. The number of hydrogen-bond donors (Lipinski definition) is 0. The first-order chi connectivity index (χ1) is 9.63. The molecule has 3 nitrogen and oxygen atoms in total. The number of carbonyl (C=O) groups is 1. The zero-order valence-corrected chi connectivity index (χ0v) is 12.9. The van der Waals surface area contributed by atoms with E-state index in [1.807, 2.05) is 6.07 Å². The van der Waals surface area contributed by atoms with Crippen LogP contribution in [0.4, 0.5) is 0 Å². The summed E-state index contributed by atoms with van der Waals surface area (Å²) in [5.41, 5.74) is 1.84. The second-order valence-corrected chi connectivity index (χ2v) is 5.55. The Balaban J connectivity index is 2.32. The third-order valence-electron chi connectivity index (χ3n) is 4.36. The minimum absolute atomic E-state index is 0.0950. The molecule has 1 aliphatic carbocycles. The molecule has 0 amide bonds. The van der Waals surface area contributed by atoms with E-state index in [-0.39, 0.29) is 17.6 Å². The first-order valence-electron chi connectivity index (χ1n) is 7.44. The molecule has 0 unspecified atom stereocenters. The zero-order chi connectivity index (χ0) is 14.7. The van der Waals surface area contributed by atoms with Gasteiger partial charge in [0, 0.05) is 12.0 Å². The average Bonchev–Trinajstić information content (AvgIpc) is 2.71. The van der Waals surface area contributed by atoms with E-state index < -0.39 is 0 Å². The summed E-state index contributed by atoms with van der Waals surface area (Å²) in [5, 5.41) is 0. The van der Waals surface area contributed by atoms with Crippen LogP contribution in [0, 0.1) is 5.92 Å². The van der Waals surface area contributed by atoms with Crippen molar-refractivity contribution in [3.63, 3.8) is 0 Å². The van der Waals surface area contributed by atoms with Crippen LogP contribution in [0.3, 0.4) is 0 Å². The summed E-state index contributed by atoms with van der Waals surface area (Å²) in [7, 11) is 3.25. The van der Waals surface area contributed by atoms with Crippen molar-refractivity contribution in [1.29, 1.82) is 0 Å². The lowest BCUT2D eigenvalue weighted by molar-refractivity contribution is 0.0915. The Labute approximate surface area is 121 Å². The first-order valence-corrected chi connectivity index (χ1v) is 7.44. The van der Waals surface area contributed by atoms with Crippen molar-refractivity contribution in [1.82, 2.24) is 0 Å². The lowest BCUT2D eigenvalue weighted by atomic mass is 9.89. The molecular formula is C17H24O3. The molecule has 0 fully saturated rings. The normalized spacial score (nSPS) is 20.9. The van der Waals surface area contributed by atoms with Gasteiger partial charge in [0.15, 0.2) is 5.78 Å². The molecule has 20 heavy (non-hydrogen) atoms. The van der Waals surface area contributed by atoms with Crippen LogP contribution < -0.4 is 9.47 Å². The largest absolute Gasteiger partial charge is 0.497 e. The van der Waals surface area contributed by atoms with E-state index in [9.17, 15) is 4.79 Å². The maximum atomic E-state index is 12.7. The fourth-order valence-electron chi connectivity index (χ4n) is 3.14. The van der Waals surface area contributed by atoms with Gasteiger partial charge in [-0.15, -0.1) is 0 Å². The van der Waals surface area contributed by atoms with E-state index in [4.69, 9.17) is 9.47 Å². The Morgan fingerprint density at radius 1 is 1.15 bits per heavy atom. The van der Waals surface area contributed by atoms with Gasteiger partial charge in [-0.3, -0.25) is 4.79 Å². The molecule has 0 heterocycles. The minimum Gasteiger partial charge on any atom is -0.497 e. The number of benzene rings is 1. The Kier molecular flexibility index (Phi) is 4.69. The van der Waals surface area contributed by atoms with Gasteiger partial charge in [0.2, 0.25) is 0 Å². The number of unbranched alkanes of at least 4 members (excludes halogenated alkanes) is 2. The van der Waals surface area contributed by atoms with E-state index in [1.165, 1.54) is 12.8 Å². The molecule has 3 heteroatoms. The van der Waals surface area contributed by atoms with Crippen molar-refractivity contribution < 1.29 is 14.3 Å². The highest BCUT2D eigenvalue weighted by Gasteiger charge is 2.39. The number of ketones is 1. The van der Waals surface area contributed by atoms with Crippen LogP contribution >= 0.6 is 0 Å². The molecule has 0 spiro atoms. The Bertz CT molecular complexity index is 493. The highest BCUT2D eigenvalue weighted by Crippen LogP contribution is 2.45. The van der Waals surface area contributed by atoms with Crippen LogP contribution in [0.5, 0.6) is 11.5 Å². The number of fused-ring (bicyclic) bond motifs is 1. The van der Waals surface area contributed by atoms with Gasteiger partial charge in [-0.05, 0) is 24.0 Å². The molecule has 0 N–H and O–H groups in total. The van der Waals surface area contributed by atoms with Gasteiger partial charge >= 0.3 is 0 Å². The van der Waals surface area contributed by atoms with Gasteiger partial charge in [-0.25, -0.2) is 0 Å². The maximum Gasteiger partial charge on any atom is 0.170 e. The van der Waals surface area contributed by atoms with Crippen molar-refractivity contribution in [2.24, 2.45) is 5.92 Å². The molecule has 0 saturated carbocycles. The molecule has 0 aliphatic heterocycles. The van der Waals surface area contributed by atoms with Gasteiger partial charge in [-0.1, -0.05) is 33.1 Å². The number of methoxy groups -OCH3 is 2. The summed E-state index contributed by atoms with van der Waals surface area (Å²) in [6.07, 6.45) is 4.45. The van der Waals surface area contributed by atoms with E-state index in [1.54, 1.807) is 20.3 Å². The Morgan fingerprint density at radius 3 is 2.50 bits per heavy atom. The monoisotopic (exact) mass is 276 g/mol. The maximum absolute atomic E-state index is 12.7. The predicted octanol–water partition coefficient (Wildman–Crippen LogP) is 4.20. The van der Waals surface area contributed by atoms with Gasteiger partial charge in [0.1, 0.15) is 11.5 Å². The van der Waals surface area contributed by atoms with E-state index in [2.05, 4.69) is 13.8 Å². The average molecular weight is 276 g/mol. The predicted molar refractivity (Wildman–Crippen MR) is 79.9 cm³/mol. The van der Waals surface area contributed by atoms with Crippen LogP contribution in [0.25, 0.3) is 0 Å². The fourth-order valence-corrected chi connectivity index (χ4v) is 3.14. The second kappa shape index (κ2) is 6.29. The van der Waals surface area contributed by atoms with Crippen molar-refractivity contribution in [2.75, 3.05) is 14.2 Å². The molecule has 0 radical (unpaired) electrons. The Hall–Kier alpha value is -1.51. The molecule has 0 aromatic heterocycles. The van der Waals surface area contributed by atoms with E-state index in [0.717, 1.165) is 29.7 Å². The number of ether oxygens (including phenoxy) is 2. The summed E-state index contributed by atoms with van der Waals surface area (Å²) in [6.45, 7) is 4.32.